The summed E-state index contributed by atoms with van der Waals surface area (Å²) in [5.74, 6) is -1.14. The standard InChI is InChI=1S/C6H4N4O3/c7-5-4-2(8-1-9-5)3(6(11)12)10-13-4/h1H,(H,11,12)(H2,7,8,9). The highest BCUT2D eigenvalue weighted by Gasteiger charge is 2.17. The number of nitrogens with zero attached hydrogens (tertiary/aromatic N) is 3. The molecule has 0 aliphatic heterocycles. The van der Waals surface area contributed by atoms with Gasteiger partial charge in [-0.3, -0.25) is 0 Å². The quantitative estimate of drug-likeness (QED) is 0.629. The lowest BCUT2D eigenvalue weighted by molar-refractivity contribution is 0.0687. The molecule has 7 nitrogen and oxygen atoms in total. The van der Waals surface area contributed by atoms with Crippen molar-refractivity contribution in [2.75, 3.05) is 5.73 Å². The first kappa shape index (κ1) is 7.47. The molecule has 0 atom stereocenters. The number of aromatic nitrogens is 3. The number of hydrogen-bond acceptors (Lipinski definition) is 6. The van der Waals surface area contributed by atoms with Gasteiger partial charge in [0.1, 0.15) is 6.33 Å². The van der Waals surface area contributed by atoms with Crippen LogP contribution in [0.15, 0.2) is 10.9 Å². The third-order valence-electron chi connectivity index (χ3n) is 1.49. The van der Waals surface area contributed by atoms with Gasteiger partial charge < -0.3 is 15.4 Å². The monoisotopic (exact) mass is 180 g/mol. The van der Waals surface area contributed by atoms with Crippen molar-refractivity contribution in [1.29, 1.82) is 0 Å². The zero-order valence-corrected chi connectivity index (χ0v) is 6.26. The van der Waals surface area contributed by atoms with E-state index in [2.05, 4.69) is 19.6 Å². The number of rotatable bonds is 1. The van der Waals surface area contributed by atoms with Gasteiger partial charge >= 0.3 is 5.97 Å². The SMILES string of the molecule is Nc1ncnc2c(C(=O)O)noc12. The van der Waals surface area contributed by atoms with Crippen LogP contribution in [0.25, 0.3) is 11.1 Å². The van der Waals surface area contributed by atoms with E-state index in [9.17, 15) is 4.79 Å². The molecule has 0 fully saturated rings. The Bertz CT molecular complexity index is 478. The molecule has 0 aliphatic carbocycles. The van der Waals surface area contributed by atoms with Crippen LogP contribution in [0.5, 0.6) is 0 Å². The number of anilines is 1. The molecule has 7 heteroatoms. The van der Waals surface area contributed by atoms with Crippen LogP contribution in [0, 0.1) is 0 Å². The van der Waals surface area contributed by atoms with Gasteiger partial charge in [0, 0.05) is 0 Å². The molecule has 66 valence electrons. The summed E-state index contributed by atoms with van der Waals surface area (Å²) in [6.45, 7) is 0. The van der Waals surface area contributed by atoms with Gasteiger partial charge in [-0.15, -0.1) is 0 Å². The molecule has 13 heavy (non-hydrogen) atoms. The predicted octanol–water partition coefficient (Wildman–Crippen LogP) is -0.102. The fraction of sp³-hybridized carbons (Fsp3) is 0. The van der Waals surface area contributed by atoms with Gasteiger partial charge in [0.2, 0.25) is 11.3 Å². The molecule has 0 unspecified atom stereocenters. The van der Waals surface area contributed by atoms with Gasteiger partial charge in [-0.2, -0.15) is 0 Å². The Hall–Kier alpha value is -2.18. The van der Waals surface area contributed by atoms with Crippen molar-refractivity contribution in [1.82, 2.24) is 15.1 Å². The Kier molecular flexibility index (Phi) is 1.38. The van der Waals surface area contributed by atoms with Crippen molar-refractivity contribution in [2.45, 2.75) is 0 Å². The first-order chi connectivity index (χ1) is 6.20. The van der Waals surface area contributed by atoms with E-state index < -0.39 is 5.97 Å². The number of carboxylic acid groups (broad SMARTS) is 1. The van der Waals surface area contributed by atoms with Gasteiger partial charge in [0.15, 0.2) is 11.3 Å². The summed E-state index contributed by atoms with van der Waals surface area (Å²) < 4.78 is 4.66. The first-order valence-corrected chi connectivity index (χ1v) is 3.29. The van der Waals surface area contributed by atoms with E-state index in [-0.39, 0.29) is 22.6 Å². The lowest BCUT2D eigenvalue weighted by Gasteiger charge is -1.89. The highest BCUT2D eigenvalue weighted by molar-refractivity contribution is 6.00. The molecule has 0 spiro atoms. The molecule has 2 aromatic rings. The highest BCUT2D eigenvalue weighted by atomic mass is 16.5. The van der Waals surface area contributed by atoms with Crippen LogP contribution >= 0.6 is 0 Å². The van der Waals surface area contributed by atoms with Crippen molar-refractivity contribution in [3.05, 3.63) is 12.0 Å². The zero-order valence-electron chi connectivity index (χ0n) is 6.26. The Labute approximate surface area is 71.2 Å². The maximum atomic E-state index is 10.6. The molecule has 0 amide bonds. The van der Waals surface area contributed by atoms with E-state index in [1.807, 2.05) is 0 Å². The molecular weight excluding hydrogens is 176 g/mol. The number of fused-ring (bicyclic) bond motifs is 1. The molecule has 0 aliphatic rings. The Morgan fingerprint density at radius 2 is 2.31 bits per heavy atom. The molecule has 2 aromatic heterocycles. The van der Waals surface area contributed by atoms with Gasteiger partial charge in [-0.1, -0.05) is 5.16 Å². The minimum atomic E-state index is -1.21. The summed E-state index contributed by atoms with van der Waals surface area (Å²) in [5, 5.41) is 11.9. The molecule has 2 heterocycles. The minimum absolute atomic E-state index is 0.0741. The Morgan fingerprint density at radius 1 is 1.54 bits per heavy atom. The fourth-order valence-corrected chi connectivity index (χ4v) is 0.921. The van der Waals surface area contributed by atoms with E-state index >= 15 is 0 Å². The largest absolute Gasteiger partial charge is 0.476 e. The van der Waals surface area contributed by atoms with Gasteiger partial charge in [0.25, 0.3) is 0 Å². The van der Waals surface area contributed by atoms with E-state index in [0.717, 1.165) is 6.33 Å². The number of carbonyl (C=O) groups is 1. The predicted molar refractivity (Wildman–Crippen MR) is 41.0 cm³/mol. The average Bonchev–Trinajstić information content (AvgIpc) is 2.48. The summed E-state index contributed by atoms with van der Waals surface area (Å²) in [6.07, 6.45) is 1.15. The molecule has 0 saturated heterocycles. The maximum absolute atomic E-state index is 10.6. The molecule has 3 N–H and O–H groups in total. The van der Waals surface area contributed by atoms with Crippen LogP contribution in [0.1, 0.15) is 10.5 Å². The second-order valence-corrected chi connectivity index (χ2v) is 2.27. The summed E-state index contributed by atoms with van der Waals surface area (Å²) in [4.78, 5) is 17.9. The van der Waals surface area contributed by atoms with E-state index in [0.29, 0.717) is 0 Å². The smallest absolute Gasteiger partial charge is 0.360 e. The lowest BCUT2D eigenvalue weighted by Crippen LogP contribution is -1.98. The number of aromatic carboxylic acids is 1. The van der Waals surface area contributed by atoms with Crippen LogP contribution < -0.4 is 5.73 Å². The Balaban J connectivity index is 2.83. The fourth-order valence-electron chi connectivity index (χ4n) is 0.921. The molecular formula is C6H4N4O3. The van der Waals surface area contributed by atoms with Crippen molar-refractivity contribution >= 4 is 22.9 Å². The van der Waals surface area contributed by atoms with Crippen molar-refractivity contribution in [3.8, 4) is 0 Å². The van der Waals surface area contributed by atoms with Crippen LogP contribution in [0.2, 0.25) is 0 Å². The summed E-state index contributed by atoms with van der Waals surface area (Å²) >= 11 is 0. The Morgan fingerprint density at radius 3 is 3.00 bits per heavy atom. The third-order valence-corrected chi connectivity index (χ3v) is 1.49. The number of carboxylic acids is 1. The van der Waals surface area contributed by atoms with Gasteiger partial charge in [-0.25, -0.2) is 14.8 Å². The third kappa shape index (κ3) is 0.975. The number of hydrogen-bond donors (Lipinski definition) is 2. The molecule has 0 bridgehead atoms. The molecule has 0 saturated carbocycles. The number of nitrogens with two attached hydrogens (primary N) is 1. The van der Waals surface area contributed by atoms with Crippen molar-refractivity contribution in [3.63, 3.8) is 0 Å². The zero-order chi connectivity index (χ0) is 9.42. The van der Waals surface area contributed by atoms with Crippen molar-refractivity contribution < 1.29 is 14.4 Å². The van der Waals surface area contributed by atoms with Crippen molar-refractivity contribution in [2.24, 2.45) is 0 Å². The van der Waals surface area contributed by atoms with E-state index in [1.165, 1.54) is 0 Å². The van der Waals surface area contributed by atoms with E-state index in [4.69, 9.17) is 10.8 Å². The molecule has 2 rings (SSSR count). The highest BCUT2D eigenvalue weighted by Crippen LogP contribution is 2.18. The topological polar surface area (TPSA) is 115 Å². The second kappa shape index (κ2) is 2.41. The maximum Gasteiger partial charge on any atom is 0.360 e. The normalized spacial score (nSPS) is 10.5. The van der Waals surface area contributed by atoms with Crippen LogP contribution in [0.4, 0.5) is 5.82 Å². The molecule has 0 radical (unpaired) electrons. The number of nitrogen functional groups attached to an aromatic ring is 1. The van der Waals surface area contributed by atoms with E-state index in [1.54, 1.807) is 0 Å². The first-order valence-electron chi connectivity index (χ1n) is 3.29. The van der Waals surface area contributed by atoms with Crippen LogP contribution in [-0.4, -0.2) is 26.2 Å². The second-order valence-electron chi connectivity index (χ2n) is 2.27. The van der Waals surface area contributed by atoms with Crippen LogP contribution in [0.3, 0.4) is 0 Å². The van der Waals surface area contributed by atoms with Gasteiger partial charge in [0.05, 0.1) is 0 Å². The minimum Gasteiger partial charge on any atom is -0.476 e. The summed E-state index contributed by atoms with van der Waals surface area (Å²) in [7, 11) is 0. The lowest BCUT2D eigenvalue weighted by atomic mass is 10.3. The van der Waals surface area contributed by atoms with Gasteiger partial charge in [-0.05, 0) is 0 Å². The van der Waals surface area contributed by atoms with Crippen LogP contribution in [-0.2, 0) is 0 Å². The summed E-state index contributed by atoms with van der Waals surface area (Å²) in [5.41, 5.74) is 5.34. The summed E-state index contributed by atoms with van der Waals surface area (Å²) in [6, 6.07) is 0. The molecule has 0 aromatic carbocycles. The average molecular weight is 180 g/mol.